The number of hydrogen-bond donors (Lipinski definition) is 1. The van der Waals surface area contributed by atoms with Crippen LogP contribution in [0.25, 0.3) is 0 Å². The standard InChI is InChI=1S/C20H29Cl2N3O2/c21-17-2-1-3-18(22)20(17)23-19(26)7-11-24-8-4-16(5-9-24)6-10-25-12-14-27-15-13-25/h1-3,16H,4-15H2,(H,23,26). The number of benzene rings is 1. The zero-order valence-corrected chi connectivity index (χ0v) is 17.3. The van der Waals surface area contributed by atoms with Gasteiger partial charge in [0.2, 0.25) is 5.91 Å². The van der Waals surface area contributed by atoms with Crippen LogP contribution in [0.3, 0.4) is 0 Å². The number of piperidine rings is 1. The van der Waals surface area contributed by atoms with Gasteiger partial charge >= 0.3 is 0 Å². The average Bonchev–Trinajstić information content (AvgIpc) is 2.69. The van der Waals surface area contributed by atoms with E-state index in [1.54, 1.807) is 18.2 Å². The van der Waals surface area contributed by atoms with E-state index in [1.807, 2.05) is 0 Å². The summed E-state index contributed by atoms with van der Waals surface area (Å²) in [6, 6.07) is 5.22. The van der Waals surface area contributed by atoms with Gasteiger partial charge in [-0.3, -0.25) is 9.69 Å². The van der Waals surface area contributed by atoms with E-state index in [1.165, 1.54) is 25.8 Å². The van der Waals surface area contributed by atoms with Crippen molar-refractivity contribution in [1.29, 1.82) is 0 Å². The first kappa shape index (κ1) is 20.9. The highest BCUT2D eigenvalue weighted by molar-refractivity contribution is 6.39. The van der Waals surface area contributed by atoms with Crippen molar-refractivity contribution < 1.29 is 9.53 Å². The summed E-state index contributed by atoms with van der Waals surface area (Å²) in [5, 5.41) is 3.78. The topological polar surface area (TPSA) is 44.8 Å². The Morgan fingerprint density at radius 3 is 2.33 bits per heavy atom. The summed E-state index contributed by atoms with van der Waals surface area (Å²) in [4.78, 5) is 17.1. The van der Waals surface area contributed by atoms with E-state index in [0.717, 1.165) is 51.9 Å². The van der Waals surface area contributed by atoms with Crippen LogP contribution >= 0.6 is 23.2 Å². The fourth-order valence-electron chi connectivity index (χ4n) is 3.77. The molecular formula is C20H29Cl2N3O2. The van der Waals surface area contributed by atoms with E-state index < -0.39 is 0 Å². The number of morpholine rings is 1. The molecule has 0 atom stereocenters. The summed E-state index contributed by atoms with van der Waals surface area (Å²) < 4.78 is 5.41. The first-order valence-corrected chi connectivity index (χ1v) is 10.6. The lowest BCUT2D eigenvalue weighted by Gasteiger charge is -2.33. The molecule has 0 spiro atoms. The fourth-order valence-corrected chi connectivity index (χ4v) is 4.26. The van der Waals surface area contributed by atoms with Gasteiger partial charge in [-0.05, 0) is 56.9 Å². The minimum atomic E-state index is -0.0422. The maximum Gasteiger partial charge on any atom is 0.225 e. The molecule has 2 fully saturated rings. The van der Waals surface area contributed by atoms with Crippen LogP contribution in [0, 0.1) is 5.92 Å². The Morgan fingerprint density at radius 2 is 1.67 bits per heavy atom. The molecule has 2 aliphatic rings. The maximum absolute atomic E-state index is 12.2. The van der Waals surface area contributed by atoms with E-state index in [0.29, 0.717) is 22.2 Å². The van der Waals surface area contributed by atoms with Crippen molar-refractivity contribution in [3.8, 4) is 0 Å². The number of hydrogen-bond acceptors (Lipinski definition) is 4. The Bertz CT molecular complexity index is 595. The molecule has 0 bridgehead atoms. The highest BCUT2D eigenvalue weighted by Crippen LogP contribution is 2.30. The van der Waals surface area contributed by atoms with Crippen LogP contribution < -0.4 is 5.32 Å². The molecule has 1 aromatic rings. The molecule has 3 rings (SSSR count). The smallest absolute Gasteiger partial charge is 0.225 e. The highest BCUT2D eigenvalue weighted by Gasteiger charge is 2.21. The maximum atomic E-state index is 12.2. The summed E-state index contributed by atoms with van der Waals surface area (Å²) in [6.45, 7) is 8.02. The SMILES string of the molecule is O=C(CCN1CCC(CCN2CCOCC2)CC1)Nc1c(Cl)cccc1Cl. The number of para-hydroxylation sites is 1. The summed E-state index contributed by atoms with van der Waals surface area (Å²) in [5.74, 6) is 0.763. The van der Waals surface area contributed by atoms with E-state index in [2.05, 4.69) is 15.1 Å². The summed E-state index contributed by atoms with van der Waals surface area (Å²) in [6.07, 6.45) is 4.18. The Kier molecular flexibility index (Phi) is 8.22. The lowest BCUT2D eigenvalue weighted by Crippen LogP contribution is -2.39. The van der Waals surface area contributed by atoms with Crippen molar-refractivity contribution >= 4 is 34.8 Å². The lowest BCUT2D eigenvalue weighted by molar-refractivity contribution is -0.116. The van der Waals surface area contributed by atoms with Crippen LogP contribution in [0.15, 0.2) is 18.2 Å². The molecule has 0 aliphatic carbocycles. The van der Waals surface area contributed by atoms with Gasteiger partial charge in [-0.15, -0.1) is 0 Å². The van der Waals surface area contributed by atoms with Gasteiger partial charge in [-0.1, -0.05) is 29.3 Å². The second kappa shape index (κ2) is 10.6. The quantitative estimate of drug-likeness (QED) is 0.738. The molecule has 7 heteroatoms. The number of nitrogens with one attached hydrogen (secondary N) is 1. The van der Waals surface area contributed by atoms with E-state index >= 15 is 0 Å². The van der Waals surface area contributed by atoms with Gasteiger partial charge in [0.05, 0.1) is 28.9 Å². The second-order valence-corrected chi connectivity index (χ2v) is 8.24. The number of rotatable bonds is 7. The normalized spacial score (nSPS) is 19.9. The van der Waals surface area contributed by atoms with Crippen LogP contribution in [0.5, 0.6) is 0 Å². The van der Waals surface area contributed by atoms with Gasteiger partial charge in [0.15, 0.2) is 0 Å². The van der Waals surface area contributed by atoms with Crippen LogP contribution in [-0.4, -0.2) is 68.2 Å². The highest BCUT2D eigenvalue weighted by atomic mass is 35.5. The summed E-state index contributed by atoms with van der Waals surface area (Å²) >= 11 is 12.2. The summed E-state index contributed by atoms with van der Waals surface area (Å²) in [7, 11) is 0. The van der Waals surface area contributed by atoms with Gasteiger partial charge < -0.3 is 15.0 Å². The first-order valence-electron chi connectivity index (χ1n) is 9.88. The molecule has 2 aliphatic heterocycles. The van der Waals surface area contributed by atoms with Crippen molar-refractivity contribution in [1.82, 2.24) is 9.80 Å². The number of carbonyl (C=O) groups is 1. The molecule has 5 nitrogen and oxygen atoms in total. The molecular weight excluding hydrogens is 385 g/mol. The molecule has 1 amide bonds. The molecule has 27 heavy (non-hydrogen) atoms. The molecule has 2 heterocycles. The third kappa shape index (κ3) is 6.61. The van der Waals surface area contributed by atoms with Crippen molar-refractivity contribution in [2.45, 2.75) is 25.7 Å². The Morgan fingerprint density at radius 1 is 1.04 bits per heavy atom. The number of nitrogens with zero attached hydrogens (tertiary/aromatic N) is 2. The number of carbonyl (C=O) groups excluding carboxylic acids is 1. The minimum absolute atomic E-state index is 0.0422. The third-order valence-electron chi connectivity index (χ3n) is 5.55. The molecule has 0 unspecified atom stereocenters. The predicted octanol–water partition coefficient (Wildman–Crippen LogP) is 3.76. The molecule has 150 valence electrons. The zero-order chi connectivity index (χ0) is 19.1. The van der Waals surface area contributed by atoms with E-state index in [-0.39, 0.29) is 5.91 Å². The van der Waals surface area contributed by atoms with Gasteiger partial charge in [-0.25, -0.2) is 0 Å². The van der Waals surface area contributed by atoms with Gasteiger partial charge in [0.25, 0.3) is 0 Å². The van der Waals surface area contributed by atoms with Crippen LogP contribution in [0.2, 0.25) is 10.0 Å². The van der Waals surface area contributed by atoms with Crippen molar-refractivity contribution in [2.24, 2.45) is 5.92 Å². The number of anilines is 1. The molecule has 1 N–H and O–H groups in total. The Hall–Kier alpha value is -0.850. The Labute approximate surface area is 171 Å². The monoisotopic (exact) mass is 413 g/mol. The van der Waals surface area contributed by atoms with Crippen LogP contribution in [0.4, 0.5) is 5.69 Å². The molecule has 1 aromatic carbocycles. The van der Waals surface area contributed by atoms with Gasteiger partial charge in [0, 0.05) is 26.1 Å². The van der Waals surface area contributed by atoms with Crippen LogP contribution in [0.1, 0.15) is 25.7 Å². The zero-order valence-electron chi connectivity index (χ0n) is 15.8. The predicted molar refractivity (Wildman–Crippen MR) is 111 cm³/mol. The number of likely N-dealkylation sites (tertiary alicyclic amines) is 1. The van der Waals surface area contributed by atoms with Crippen LogP contribution in [-0.2, 0) is 9.53 Å². The number of ether oxygens (including phenoxy) is 1. The fraction of sp³-hybridized carbons (Fsp3) is 0.650. The second-order valence-electron chi connectivity index (χ2n) is 7.42. The molecule has 2 saturated heterocycles. The lowest BCUT2D eigenvalue weighted by atomic mass is 9.93. The largest absolute Gasteiger partial charge is 0.379 e. The molecule has 0 aromatic heterocycles. The number of halogens is 2. The third-order valence-corrected chi connectivity index (χ3v) is 6.18. The first-order chi connectivity index (χ1) is 13.1. The molecule has 0 radical (unpaired) electrons. The van der Waals surface area contributed by atoms with Crippen molar-refractivity contribution in [3.05, 3.63) is 28.2 Å². The van der Waals surface area contributed by atoms with Crippen molar-refractivity contribution in [3.63, 3.8) is 0 Å². The number of amides is 1. The van der Waals surface area contributed by atoms with E-state index in [4.69, 9.17) is 27.9 Å². The van der Waals surface area contributed by atoms with E-state index in [9.17, 15) is 4.79 Å². The average molecular weight is 414 g/mol. The minimum Gasteiger partial charge on any atom is -0.379 e. The molecule has 0 saturated carbocycles. The summed E-state index contributed by atoms with van der Waals surface area (Å²) in [5.41, 5.74) is 0.507. The van der Waals surface area contributed by atoms with Crippen molar-refractivity contribution in [2.75, 3.05) is 57.8 Å². The van der Waals surface area contributed by atoms with Gasteiger partial charge in [-0.2, -0.15) is 0 Å². The Balaban J connectivity index is 1.32. The van der Waals surface area contributed by atoms with Gasteiger partial charge in [0.1, 0.15) is 0 Å².